The molecule has 0 aromatic rings. The standard InChI is InChI=1S/3CH2O3.K.H/c3*2-1(3)4;;/h3*(H2,2,3,4);;/q;;;+1;-1. The predicted octanol–water partition coefficient (Wildman–Crippen LogP) is -2.22. The molecule has 0 amide bonds. The van der Waals surface area contributed by atoms with Crippen molar-refractivity contribution >= 4 is 18.5 Å². The summed E-state index contributed by atoms with van der Waals surface area (Å²) in [5.41, 5.74) is 0. The third-order valence-corrected chi connectivity index (χ3v) is 0. The van der Waals surface area contributed by atoms with Crippen molar-refractivity contribution in [3.63, 3.8) is 0 Å². The second kappa shape index (κ2) is 17.5. The summed E-state index contributed by atoms with van der Waals surface area (Å²) in [5.74, 6) is 0. The van der Waals surface area contributed by atoms with E-state index >= 15 is 0 Å². The van der Waals surface area contributed by atoms with Crippen LogP contribution >= 0.6 is 0 Å². The van der Waals surface area contributed by atoms with Crippen LogP contribution in [-0.4, -0.2) is 49.1 Å². The topological polar surface area (TPSA) is 173 Å². The van der Waals surface area contributed by atoms with Crippen LogP contribution in [0.15, 0.2) is 0 Å². The van der Waals surface area contributed by atoms with Crippen molar-refractivity contribution in [2.45, 2.75) is 0 Å². The van der Waals surface area contributed by atoms with Crippen LogP contribution in [0.4, 0.5) is 14.4 Å². The van der Waals surface area contributed by atoms with Crippen molar-refractivity contribution in [2.24, 2.45) is 0 Å². The van der Waals surface area contributed by atoms with E-state index in [1.807, 2.05) is 0 Å². The quantitative estimate of drug-likeness (QED) is 0.250. The van der Waals surface area contributed by atoms with Crippen LogP contribution in [0.3, 0.4) is 0 Å². The molecule has 0 saturated carbocycles. The van der Waals surface area contributed by atoms with E-state index in [1.165, 1.54) is 0 Å². The Hall–Kier alpha value is -0.554. The van der Waals surface area contributed by atoms with Gasteiger partial charge in [0, 0.05) is 0 Å². The molecule has 0 aliphatic heterocycles. The van der Waals surface area contributed by atoms with Crippen molar-refractivity contribution in [2.75, 3.05) is 0 Å². The fourth-order valence-electron chi connectivity index (χ4n) is 0. The molecular formula is C3H7KO9. The van der Waals surface area contributed by atoms with Gasteiger partial charge in [-0.05, 0) is 0 Å². The Balaban J connectivity index is -0.0000000270. The van der Waals surface area contributed by atoms with Gasteiger partial charge in [0.25, 0.3) is 0 Å². The molecule has 9 nitrogen and oxygen atoms in total. The van der Waals surface area contributed by atoms with E-state index in [1.54, 1.807) is 0 Å². The molecule has 0 atom stereocenters. The summed E-state index contributed by atoms with van der Waals surface area (Å²) >= 11 is 0. The molecule has 0 radical (unpaired) electrons. The van der Waals surface area contributed by atoms with Gasteiger partial charge in [-0.3, -0.25) is 0 Å². The summed E-state index contributed by atoms with van der Waals surface area (Å²) in [6.07, 6.45) is -5.50. The van der Waals surface area contributed by atoms with Crippen LogP contribution in [0.25, 0.3) is 0 Å². The van der Waals surface area contributed by atoms with Crippen molar-refractivity contribution in [1.29, 1.82) is 0 Å². The molecule has 0 fully saturated rings. The fraction of sp³-hybridized carbons (Fsp3) is 0. The largest absolute Gasteiger partial charge is 1.00 e. The van der Waals surface area contributed by atoms with E-state index < -0.39 is 18.5 Å². The van der Waals surface area contributed by atoms with E-state index in [-0.39, 0.29) is 52.8 Å². The van der Waals surface area contributed by atoms with E-state index in [0.717, 1.165) is 0 Å². The first kappa shape index (κ1) is 22.9. The molecule has 0 aromatic carbocycles. The zero-order valence-corrected chi connectivity index (χ0v) is 9.53. The SMILES string of the molecule is O=C(O)O.O=C(O)O.O=C(O)O.[H-].[K+]. The average molecular weight is 226 g/mol. The first-order chi connectivity index (χ1) is 5.20. The summed E-state index contributed by atoms with van der Waals surface area (Å²) < 4.78 is 0. The first-order valence-electron chi connectivity index (χ1n) is 1.95. The third-order valence-electron chi connectivity index (χ3n) is 0. The molecule has 0 aliphatic carbocycles. The van der Waals surface area contributed by atoms with Gasteiger partial charge in [0.1, 0.15) is 0 Å². The molecule has 10 heteroatoms. The Bertz CT molecular complexity index is 118. The molecule has 0 rings (SSSR count). The number of carboxylic acid groups (broad SMARTS) is 6. The van der Waals surface area contributed by atoms with E-state index in [0.29, 0.717) is 0 Å². The molecule has 13 heavy (non-hydrogen) atoms. The van der Waals surface area contributed by atoms with Crippen LogP contribution in [0.5, 0.6) is 0 Å². The third kappa shape index (κ3) is 3330. The van der Waals surface area contributed by atoms with Crippen LogP contribution < -0.4 is 51.4 Å². The predicted molar refractivity (Wildman–Crippen MR) is 33.1 cm³/mol. The Morgan fingerprint density at radius 3 is 0.615 bits per heavy atom. The van der Waals surface area contributed by atoms with Crippen molar-refractivity contribution in [3.05, 3.63) is 0 Å². The van der Waals surface area contributed by atoms with Gasteiger partial charge in [-0.2, -0.15) is 0 Å². The Morgan fingerprint density at radius 2 is 0.615 bits per heavy atom. The van der Waals surface area contributed by atoms with Gasteiger partial charge in [-0.15, -0.1) is 0 Å². The van der Waals surface area contributed by atoms with Gasteiger partial charge in [0.2, 0.25) is 0 Å². The van der Waals surface area contributed by atoms with E-state index in [2.05, 4.69) is 0 Å². The number of hydrogen-bond acceptors (Lipinski definition) is 3. The molecule has 0 saturated heterocycles. The molecule has 0 spiro atoms. The summed E-state index contributed by atoms with van der Waals surface area (Å²) in [4.78, 5) is 25.7. The fourth-order valence-corrected chi connectivity index (χ4v) is 0. The maximum atomic E-state index is 8.56. The summed E-state index contributed by atoms with van der Waals surface area (Å²) in [6, 6.07) is 0. The van der Waals surface area contributed by atoms with Crippen molar-refractivity contribution in [3.8, 4) is 0 Å². The Kier molecular flexibility index (Phi) is 30.8. The monoisotopic (exact) mass is 226 g/mol. The summed E-state index contributed by atoms with van der Waals surface area (Å²) in [6.45, 7) is 0. The van der Waals surface area contributed by atoms with E-state index in [9.17, 15) is 0 Å². The Labute approximate surface area is 115 Å². The molecule has 0 aromatic heterocycles. The molecule has 0 aliphatic rings. The molecule has 0 bridgehead atoms. The van der Waals surface area contributed by atoms with Gasteiger partial charge in [-0.25, -0.2) is 14.4 Å². The second-order valence-electron chi connectivity index (χ2n) is 0.848. The molecule has 6 N–H and O–H groups in total. The molecular weight excluding hydrogens is 219 g/mol. The zero-order valence-electron chi connectivity index (χ0n) is 7.41. The normalized spacial score (nSPS) is 5.54. The van der Waals surface area contributed by atoms with Gasteiger partial charge in [0.05, 0.1) is 0 Å². The smallest absolute Gasteiger partial charge is 1.00 e. The molecule has 0 heterocycles. The molecule has 0 unspecified atom stereocenters. The zero-order chi connectivity index (χ0) is 10.7. The number of hydrogen-bond donors (Lipinski definition) is 6. The first-order valence-corrected chi connectivity index (χ1v) is 1.95. The minimum Gasteiger partial charge on any atom is -1.00 e. The van der Waals surface area contributed by atoms with Crippen molar-refractivity contribution in [1.82, 2.24) is 0 Å². The van der Waals surface area contributed by atoms with Crippen LogP contribution in [0, 0.1) is 0 Å². The Morgan fingerprint density at radius 1 is 0.615 bits per heavy atom. The van der Waals surface area contributed by atoms with Crippen LogP contribution in [0.1, 0.15) is 1.43 Å². The van der Waals surface area contributed by atoms with Gasteiger partial charge < -0.3 is 32.1 Å². The number of rotatable bonds is 0. The van der Waals surface area contributed by atoms with Crippen molar-refractivity contribution < 1.29 is 97.8 Å². The summed E-state index contributed by atoms with van der Waals surface area (Å²) in [5, 5.41) is 41.8. The maximum absolute atomic E-state index is 8.56. The average Bonchev–Trinajstić information content (AvgIpc) is 1.54. The number of carbonyl (C=O) groups is 3. The van der Waals surface area contributed by atoms with Gasteiger partial charge >= 0.3 is 69.9 Å². The maximum Gasteiger partial charge on any atom is 1.00 e. The minimum atomic E-state index is -1.83. The van der Waals surface area contributed by atoms with Gasteiger partial charge in [-0.1, -0.05) is 0 Å². The van der Waals surface area contributed by atoms with E-state index in [4.69, 9.17) is 45.0 Å². The van der Waals surface area contributed by atoms with Crippen LogP contribution in [-0.2, 0) is 0 Å². The summed E-state index contributed by atoms with van der Waals surface area (Å²) in [7, 11) is 0. The minimum absolute atomic E-state index is 0. The van der Waals surface area contributed by atoms with Gasteiger partial charge in [0.15, 0.2) is 0 Å². The molecule has 74 valence electrons. The van der Waals surface area contributed by atoms with Crippen LogP contribution in [0.2, 0.25) is 0 Å². The second-order valence-corrected chi connectivity index (χ2v) is 0.848.